The van der Waals surface area contributed by atoms with Crippen molar-refractivity contribution in [1.82, 2.24) is 5.32 Å². The Balaban J connectivity index is 2.18. The summed E-state index contributed by atoms with van der Waals surface area (Å²) in [5.41, 5.74) is 1.03. The summed E-state index contributed by atoms with van der Waals surface area (Å²) in [4.78, 5) is 0. The van der Waals surface area contributed by atoms with Crippen LogP contribution in [0.2, 0.25) is 0 Å². The number of nitrogens with one attached hydrogen (secondary N) is 1. The van der Waals surface area contributed by atoms with Gasteiger partial charge in [0.25, 0.3) is 0 Å². The molecule has 1 aromatic rings. The fourth-order valence-corrected chi connectivity index (χ4v) is 2.30. The molecule has 0 aromatic heterocycles. The minimum absolute atomic E-state index is 0.145. The molecule has 82 valence electrons. The third-order valence-electron chi connectivity index (χ3n) is 3.16. The van der Waals surface area contributed by atoms with Crippen molar-refractivity contribution in [3.05, 3.63) is 29.8 Å². The quantitative estimate of drug-likeness (QED) is 0.695. The number of phenols is 1. The van der Waals surface area contributed by atoms with Gasteiger partial charge in [0.1, 0.15) is 5.75 Å². The Morgan fingerprint density at radius 2 is 2.33 bits per heavy atom. The van der Waals surface area contributed by atoms with Crippen LogP contribution in [0, 0.1) is 5.92 Å². The molecule has 0 bridgehead atoms. The normalized spacial score (nSPS) is 22.9. The molecule has 3 N–H and O–H groups in total. The summed E-state index contributed by atoms with van der Waals surface area (Å²) < 4.78 is 0. The third kappa shape index (κ3) is 2.30. The summed E-state index contributed by atoms with van der Waals surface area (Å²) in [6.07, 6.45) is 1.10. The van der Waals surface area contributed by atoms with E-state index in [0.717, 1.165) is 25.1 Å². The molecule has 2 atom stereocenters. The maximum atomic E-state index is 9.42. The number of hydrogen-bond donors (Lipinski definition) is 3. The molecule has 0 spiro atoms. The van der Waals surface area contributed by atoms with E-state index in [2.05, 4.69) is 5.32 Å². The van der Waals surface area contributed by atoms with Gasteiger partial charge in [-0.2, -0.15) is 0 Å². The van der Waals surface area contributed by atoms with Gasteiger partial charge in [-0.25, -0.2) is 0 Å². The van der Waals surface area contributed by atoms with Gasteiger partial charge >= 0.3 is 0 Å². The molecular formula is C12H17NO2. The van der Waals surface area contributed by atoms with Gasteiger partial charge < -0.3 is 15.5 Å². The predicted octanol–water partition coefficient (Wildman–Crippen LogP) is 1.08. The van der Waals surface area contributed by atoms with Gasteiger partial charge in [0.05, 0.1) is 6.61 Å². The summed E-state index contributed by atoms with van der Waals surface area (Å²) in [7, 11) is 0. The molecule has 3 heteroatoms. The lowest BCUT2D eigenvalue weighted by Crippen LogP contribution is -2.19. The van der Waals surface area contributed by atoms with Crippen LogP contribution in [0.4, 0.5) is 0 Å². The van der Waals surface area contributed by atoms with Crippen molar-refractivity contribution in [1.29, 1.82) is 0 Å². The van der Waals surface area contributed by atoms with Crippen molar-refractivity contribution >= 4 is 0 Å². The van der Waals surface area contributed by atoms with E-state index >= 15 is 0 Å². The zero-order valence-corrected chi connectivity index (χ0v) is 8.69. The van der Waals surface area contributed by atoms with E-state index in [9.17, 15) is 10.2 Å². The van der Waals surface area contributed by atoms with Crippen LogP contribution in [0.5, 0.6) is 5.75 Å². The first-order valence-electron chi connectivity index (χ1n) is 5.42. The molecule has 0 saturated carbocycles. The third-order valence-corrected chi connectivity index (χ3v) is 3.16. The fourth-order valence-electron chi connectivity index (χ4n) is 2.30. The molecule has 0 amide bonds. The minimum Gasteiger partial charge on any atom is -0.508 e. The summed E-state index contributed by atoms with van der Waals surface area (Å²) in [6.45, 7) is 2.14. The van der Waals surface area contributed by atoms with Crippen molar-refractivity contribution in [2.75, 3.05) is 19.7 Å². The highest BCUT2D eigenvalue weighted by atomic mass is 16.3. The molecule has 1 aliphatic heterocycles. The fraction of sp³-hybridized carbons (Fsp3) is 0.500. The van der Waals surface area contributed by atoms with E-state index in [1.165, 1.54) is 0 Å². The van der Waals surface area contributed by atoms with Crippen molar-refractivity contribution in [2.45, 2.75) is 12.3 Å². The first-order chi connectivity index (χ1) is 7.31. The predicted molar refractivity (Wildman–Crippen MR) is 58.9 cm³/mol. The number of aliphatic hydroxyl groups excluding tert-OH is 1. The second-order valence-electron chi connectivity index (χ2n) is 4.14. The molecule has 2 rings (SSSR count). The number of aliphatic hydroxyl groups is 1. The second-order valence-corrected chi connectivity index (χ2v) is 4.14. The average Bonchev–Trinajstić information content (AvgIpc) is 2.72. The number of phenolic OH excluding ortho intramolecular Hbond substituents is 1. The van der Waals surface area contributed by atoms with E-state index < -0.39 is 0 Å². The smallest absolute Gasteiger partial charge is 0.115 e. The van der Waals surface area contributed by atoms with Crippen molar-refractivity contribution in [3.63, 3.8) is 0 Å². The first kappa shape index (κ1) is 10.5. The van der Waals surface area contributed by atoms with Crippen molar-refractivity contribution < 1.29 is 10.2 Å². The topological polar surface area (TPSA) is 52.5 Å². The van der Waals surface area contributed by atoms with Crippen LogP contribution in [-0.4, -0.2) is 29.9 Å². The van der Waals surface area contributed by atoms with Gasteiger partial charge in [0.15, 0.2) is 0 Å². The average molecular weight is 207 g/mol. The van der Waals surface area contributed by atoms with Gasteiger partial charge in [-0.1, -0.05) is 12.1 Å². The SMILES string of the molecule is OCC(c1cccc(O)c1)C1CCNC1. The van der Waals surface area contributed by atoms with Gasteiger partial charge in [-0.3, -0.25) is 0 Å². The molecule has 0 radical (unpaired) electrons. The summed E-state index contributed by atoms with van der Waals surface area (Å²) in [5.74, 6) is 0.904. The van der Waals surface area contributed by atoms with E-state index in [1.54, 1.807) is 12.1 Å². The van der Waals surface area contributed by atoms with Crippen LogP contribution in [0.25, 0.3) is 0 Å². The van der Waals surface area contributed by atoms with Gasteiger partial charge in [0, 0.05) is 5.92 Å². The molecule has 15 heavy (non-hydrogen) atoms. The Morgan fingerprint density at radius 1 is 1.47 bits per heavy atom. The molecule has 1 heterocycles. The van der Waals surface area contributed by atoms with Gasteiger partial charge in [0.2, 0.25) is 0 Å². The largest absolute Gasteiger partial charge is 0.508 e. The Kier molecular flexibility index (Phi) is 3.23. The van der Waals surface area contributed by atoms with Gasteiger partial charge in [-0.05, 0) is 43.1 Å². The standard InChI is InChI=1S/C12H17NO2/c14-8-12(10-4-5-13-7-10)9-2-1-3-11(15)6-9/h1-3,6,10,12-15H,4-5,7-8H2. The Morgan fingerprint density at radius 3 is 2.93 bits per heavy atom. The molecule has 0 aliphatic carbocycles. The summed E-state index contributed by atoms with van der Waals surface area (Å²) >= 11 is 0. The molecule has 1 saturated heterocycles. The number of aromatic hydroxyl groups is 1. The monoisotopic (exact) mass is 207 g/mol. The lowest BCUT2D eigenvalue weighted by molar-refractivity contribution is 0.230. The van der Waals surface area contributed by atoms with Crippen LogP contribution in [0.1, 0.15) is 17.9 Å². The van der Waals surface area contributed by atoms with Crippen molar-refractivity contribution in [2.24, 2.45) is 5.92 Å². The van der Waals surface area contributed by atoms with E-state index in [4.69, 9.17) is 0 Å². The van der Waals surface area contributed by atoms with Crippen LogP contribution in [0.15, 0.2) is 24.3 Å². The molecule has 1 aromatic carbocycles. The Hall–Kier alpha value is -1.06. The molecular weight excluding hydrogens is 190 g/mol. The van der Waals surface area contributed by atoms with E-state index in [-0.39, 0.29) is 18.3 Å². The Labute approximate surface area is 89.8 Å². The van der Waals surface area contributed by atoms with E-state index in [1.807, 2.05) is 12.1 Å². The summed E-state index contributed by atoms with van der Waals surface area (Å²) in [5, 5.41) is 22.1. The van der Waals surface area contributed by atoms with Crippen LogP contribution in [0.3, 0.4) is 0 Å². The highest BCUT2D eigenvalue weighted by Crippen LogP contribution is 2.30. The Bertz CT molecular complexity index is 321. The lowest BCUT2D eigenvalue weighted by atomic mass is 9.86. The second kappa shape index (κ2) is 4.64. The molecule has 2 unspecified atom stereocenters. The van der Waals surface area contributed by atoms with Gasteiger partial charge in [-0.15, -0.1) is 0 Å². The van der Waals surface area contributed by atoms with E-state index in [0.29, 0.717) is 5.92 Å². The summed E-state index contributed by atoms with van der Waals surface area (Å²) in [6, 6.07) is 7.21. The number of hydrogen-bond acceptors (Lipinski definition) is 3. The molecule has 1 fully saturated rings. The lowest BCUT2D eigenvalue weighted by Gasteiger charge is -2.21. The first-order valence-corrected chi connectivity index (χ1v) is 5.42. The maximum Gasteiger partial charge on any atom is 0.115 e. The number of benzene rings is 1. The highest BCUT2D eigenvalue weighted by Gasteiger charge is 2.25. The van der Waals surface area contributed by atoms with Crippen LogP contribution < -0.4 is 5.32 Å². The highest BCUT2D eigenvalue weighted by molar-refractivity contribution is 5.30. The zero-order chi connectivity index (χ0) is 10.7. The minimum atomic E-state index is 0.145. The van der Waals surface area contributed by atoms with Crippen molar-refractivity contribution in [3.8, 4) is 5.75 Å². The molecule has 3 nitrogen and oxygen atoms in total. The maximum absolute atomic E-state index is 9.42. The number of rotatable bonds is 3. The van der Waals surface area contributed by atoms with Crippen LogP contribution in [-0.2, 0) is 0 Å². The zero-order valence-electron chi connectivity index (χ0n) is 8.69. The van der Waals surface area contributed by atoms with Crippen LogP contribution >= 0.6 is 0 Å². The molecule has 1 aliphatic rings.